The first-order chi connectivity index (χ1) is 30.0. The summed E-state index contributed by atoms with van der Waals surface area (Å²) in [5.74, 6) is -1.73. The van der Waals surface area contributed by atoms with E-state index < -0.39 is 35.6 Å². The van der Waals surface area contributed by atoms with Gasteiger partial charge >= 0.3 is 11.9 Å². The number of rotatable bonds is 21. The van der Waals surface area contributed by atoms with Crippen LogP contribution >= 0.6 is 0 Å². The molecule has 1 aliphatic heterocycles. The Hall–Kier alpha value is -6.82. The SMILES string of the molecule is CC(C)CC(C(=O)O)C(Cc1ccc(Oc2ccc(CN)c(CC(C)CC(C(=O)O)C(Cc3ccc(Oc4cccc5c4CCCN5)nc3)c3nn[nH]n3)c2)nc1)c1nn[nH]n1. The van der Waals surface area contributed by atoms with E-state index in [-0.39, 0.29) is 18.4 Å². The van der Waals surface area contributed by atoms with Crippen molar-refractivity contribution in [1.29, 1.82) is 0 Å². The molecule has 0 amide bonds. The van der Waals surface area contributed by atoms with Gasteiger partial charge in [0, 0.05) is 60.7 Å². The van der Waals surface area contributed by atoms with Gasteiger partial charge in [0.05, 0.1) is 11.8 Å². The molecule has 6 aromatic rings. The zero-order chi connectivity index (χ0) is 43.6. The number of aromatic nitrogens is 10. The summed E-state index contributed by atoms with van der Waals surface area (Å²) in [5, 5.41) is 53.2. The first kappa shape index (κ1) is 43.3. The first-order valence-electron chi connectivity index (χ1n) is 20.9. The van der Waals surface area contributed by atoms with E-state index in [1.165, 1.54) is 0 Å². The number of carbonyl (C=O) groups is 2. The van der Waals surface area contributed by atoms with Crippen molar-refractivity contribution < 1.29 is 29.3 Å². The number of pyridine rings is 2. The smallest absolute Gasteiger partial charge is 0.307 e. The maximum absolute atomic E-state index is 13.0. The molecule has 2 aromatic carbocycles. The van der Waals surface area contributed by atoms with Gasteiger partial charge < -0.3 is 30.7 Å². The molecule has 0 spiro atoms. The van der Waals surface area contributed by atoms with E-state index in [1.54, 1.807) is 24.5 Å². The minimum atomic E-state index is -0.963. The minimum Gasteiger partial charge on any atom is -0.481 e. The van der Waals surface area contributed by atoms with Crippen molar-refractivity contribution in [2.24, 2.45) is 29.4 Å². The standard InChI is InChI=1S/C44H52N12O6/c1-25(2)16-35(43(57)58)33(41-49-53-54-50-41)19-27-9-13-39(47-23-27)61-31-12-11-29(22-45)30(21-31)17-26(3)18-36(44(59)60)34(42-51-55-56-52-42)20-28-10-14-40(48-24-28)62-38-8-4-7-37-32(38)6-5-15-46-37/h4,7-14,21,23-26,33-36,46H,5-6,15-20,22,45H2,1-3H3,(H,57,58)(H,59,60)(H,49,50,53,54)(H,51,52,55,56). The third-order valence-electron chi connectivity index (χ3n) is 11.3. The highest BCUT2D eigenvalue weighted by atomic mass is 16.5. The lowest BCUT2D eigenvalue weighted by Gasteiger charge is -2.25. The first-order valence-corrected chi connectivity index (χ1v) is 20.9. The van der Waals surface area contributed by atoms with Crippen LogP contribution in [0.5, 0.6) is 23.3 Å². The number of anilines is 1. The maximum Gasteiger partial charge on any atom is 0.307 e. The molecule has 7 rings (SSSR count). The number of hydrogen-bond acceptors (Lipinski definition) is 14. The van der Waals surface area contributed by atoms with Gasteiger partial charge in [-0.25, -0.2) is 9.97 Å². The van der Waals surface area contributed by atoms with Crippen molar-refractivity contribution in [3.05, 3.63) is 113 Å². The zero-order valence-corrected chi connectivity index (χ0v) is 34.9. The summed E-state index contributed by atoms with van der Waals surface area (Å²) in [6.45, 7) is 7.19. The van der Waals surface area contributed by atoms with E-state index in [0.29, 0.717) is 61.3 Å². The lowest BCUT2D eigenvalue weighted by molar-refractivity contribution is -0.144. The lowest BCUT2D eigenvalue weighted by atomic mass is 9.79. The number of aromatic amines is 2. The topological polar surface area (TPSA) is 266 Å². The van der Waals surface area contributed by atoms with Crippen LogP contribution in [0.4, 0.5) is 5.69 Å². The molecule has 324 valence electrons. The highest BCUT2D eigenvalue weighted by Crippen LogP contribution is 2.36. The molecule has 1 aliphatic rings. The Bertz CT molecular complexity index is 2380. The van der Waals surface area contributed by atoms with Gasteiger partial charge in [-0.05, 0) is 103 Å². The number of hydrogen-bond donors (Lipinski definition) is 6. The molecule has 5 heterocycles. The van der Waals surface area contributed by atoms with E-state index in [2.05, 4.69) is 56.5 Å². The lowest BCUT2D eigenvalue weighted by Crippen LogP contribution is -2.27. The van der Waals surface area contributed by atoms with Crippen LogP contribution in [0.2, 0.25) is 0 Å². The molecule has 0 fully saturated rings. The number of carboxylic acids is 2. The molecule has 0 radical (unpaired) electrons. The molecule has 0 saturated heterocycles. The van der Waals surface area contributed by atoms with Gasteiger partial charge in [-0.3, -0.25) is 9.59 Å². The van der Waals surface area contributed by atoms with Crippen LogP contribution in [0.15, 0.2) is 73.1 Å². The zero-order valence-electron chi connectivity index (χ0n) is 34.9. The molecule has 18 nitrogen and oxygen atoms in total. The largest absolute Gasteiger partial charge is 0.481 e. The van der Waals surface area contributed by atoms with Crippen LogP contribution in [0, 0.1) is 23.7 Å². The summed E-state index contributed by atoms with van der Waals surface area (Å²) in [6.07, 6.45) is 7.28. The second kappa shape index (κ2) is 20.2. The Morgan fingerprint density at radius 1 is 0.758 bits per heavy atom. The predicted octanol–water partition coefficient (Wildman–Crippen LogP) is 6.27. The van der Waals surface area contributed by atoms with Crippen LogP contribution in [-0.2, 0) is 41.8 Å². The van der Waals surface area contributed by atoms with Crippen LogP contribution in [0.1, 0.15) is 91.3 Å². The van der Waals surface area contributed by atoms with Crippen molar-refractivity contribution in [2.75, 3.05) is 11.9 Å². The van der Waals surface area contributed by atoms with E-state index in [4.69, 9.17) is 15.2 Å². The second-order valence-corrected chi connectivity index (χ2v) is 16.4. The number of H-pyrrole nitrogens is 2. The Kier molecular flexibility index (Phi) is 14.1. The van der Waals surface area contributed by atoms with Crippen LogP contribution in [0.25, 0.3) is 0 Å². The number of benzene rings is 2. The molecule has 0 aliphatic carbocycles. The summed E-state index contributed by atoms with van der Waals surface area (Å²) in [5.41, 5.74) is 11.8. The summed E-state index contributed by atoms with van der Waals surface area (Å²) in [7, 11) is 0. The van der Waals surface area contributed by atoms with Crippen LogP contribution in [-0.4, -0.2) is 79.9 Å². The second-order valence-electron chi connectivity index (χ2n) is 16.4. The summed E-state index contributed by atoms with van der Waals surface area (Å²) in [4.78, 5) is 34.4. The number of nitrogens with two attached hydrogens (primary N) is 1. The average Bonchev–Trinajstić information content (AvgIpc) is 4.01. The van der Waals surface area contributed by atoms with Crippen molar-refractivity contribution in [3.8, 4) is 23.3 Å². The number of fused-ring (bicyclic) bond motifs is 1. The van der Waals surface area contributed by atoms with E-state index >= 15 is 0 Å². The van der Waals surface area contributed by atoms with Gasteiger partial charge in [-0.15, -0.1) is 20.4 Å². The normalized spacial score (nSPS) is 14.9. The fraction of sp³-hybridized carbons (Fsp3) is 0.409. The molecular weight excluding hydrogens is 793 g/mol. The third kappa shape index (κ3) is 10.9. The molecular formula is C44H52N12O6. The van der Waals surface area contributed by atoms with Gasteiger partial charge in [0.25, 0.3) is 0 Å². The molecule has 4 aromatic heterocycles. The molecule has 5 atom stereocenters. The maximum atomic E-state index is 13.0. The molecule has 7 N–H and O–H groups in total. The van der Waals surface area contributed by atoms with Gasteiger partial charge in [0.2, 0.25) is 11.8 Å². The summed E-state index contributed by atoms with van der Waals surface area (Å²) >= 11 is 0. The van der Waals surface area contributed by atoms with Gasteiger partial charge in [-0.2, -0.15) is 10.4 Å². The predicted molar refractivity (Wildman–Crippen MR) is 227 cm³/mol. The number of nitrogens with one attached hydrogen (secondary N) is 3. The number of carboxylic acid groups (broad SMARTS) is 2. The summed E-state index contributed by atoms with van der Waals surface area (Å²) < 4.78 is 12.4. The molecule has 0 bridgehead atoms. The highest BCUT2D eigenvalue weighted by Gasteiger charge is 2.35. The number of ether oxygens (including phenoxy) is 2. The Morgan fingerprint density at radius 2 is 1.39 bits per heavy atom. The fourth-order valence-corrected chi connectivity index (χ4v) is 8.31. The number of aliphatic carboxylic acids is 2. The molecule has 5 unspecified atom stereocenters. The van der Waals surface area contributed by atoms with E-state index in [9.17, 15) is 19.8 Å². The Labute approximate surface area is 358 Å². The fourth-order valence-electron chi connectivity index (χ4n) is 8.31. The Balaban J connectivity index is 1.02. The van der Waals surface area contributed by atoms with Gasteiger partial charge in [0.1, 0.15) is 11.5 Å². The van der Waals surface area contributed by atoms with E-state index in [1.807, 2.05) is 69.3 Å². The monoisotopic (exact) mass is 844 g/mol. The van der Waals surface area contributed by atoms with Crippen molar-refractivity contribution in [1.82, 2.24) is 51.2 Å². The average molecular weight is 845 g/mol. The third-order valence-corrected chi connectivity index (χ3v) is 11.3. The van der Waals surface area contributed by atoms with Crippen molar-refractivity contribution in [2.45, 2.75) is 84.1 Å². The molecule has 62 heavy (non-hydrogen) atoms. The minimum absolute atomic E-state index is 0.0962. The molecule has 0 saturated carbocycles. The van der Waals surface area contributed by atoms with Crippen LogP contribution in [0.3, 0.4) is 0 Å². The van der Waals surface area contributed by atoms with Crippen molar-refractivity contribution in [3.63, 3.8) is 0 Å². The van der Waals surface area contributed by atoms with Crippen LogP contribution < -0.4 is 20.5 Å². The molecule has 18 heteroatoms. The quantitative estimate of drug-likeness (QED) is 0.0466. The van der Waals surface area contributed by atoms with E-state index in [0.717, 1.165) is 58.6 Å². The Morgan fingerprint density at radius 3 is 1.94 bits per heavy atom. The van der Waals surface area contributed by atoms with Crippen molar-refractivity contribution >= 4 is 17.6 Å². The highest BCUT2D eigenvalue weighted by molar-refractivity contribution is 5.72. The summed E-state index contributed by atoms with van der Waals surface area (Å²) in [6, 6.07) is 18.8. The van der Waals surface area contributed by atoms with Gasteiger partial charge in [-0.1, -0.05) is 55.5 Å². The number of tetrazole rings is 2. The van der Waals surface area contributed by atoms with Gasteiger partial charge in [0.15, 0.2) is 11.6 Å². The number of nitrogens with zero attached hydrogens (tertiary/aromatic N) is 8.